The van der Waals surface area contributed by atoms with Crippen LogP contribution in [0.2, 0.25) is 0 Å². The number of hydrogen-bond donors (Lipinski definition) is 0. The molecule has 0 fully saturated rings. The molecule has 0 aromatic rings. The Morgan fingerprint density at radius 2 is 2.20 bits per heavy atom. The van der Waals surface area contributed by atoms with E-state index in [0.717, 1.165) is 0 Å². The average molecular weight is 163 g/mol. The lowest BCUT2D eigenvalue weighted by atomic mass is 10.5. The second kappa shape index (κ2) is 4.99. The van der Waals surface area contributed by atoms with E-state index < -0.39 is 11.2 Å². The number of ether oxygens (including phenoxy) is 1. The molecule has 0 rings (SSSR count). The summed E-state index contributed by atoms with van der Waals surface area (Å²) in [4.78, 5) is 20.4. The highest BCUT2D eigenvalue weighted by Gasteiger charge is 1.99. The van der Waals surface area contributed by atoms with Gasteiger partial charge in [-0.05, 0) is 18.5 Å². The maximum Gasteiger partial charge on any atom is 0.330 e. The molecule has 56 valence electrons. The van der Waals surface area contributed by atoms with Crippen LogP contribution in [0.4, 0.5) is 0 Å². The number of halogens is 1. The molecule has 0 amide bonds. The van der Waals surface area contributed by atoms with E-state index in [0.29, 0.717) is 0 Å². The van der Waals surface area contributed by atoms with Crippen LogP contribution >= 0.6 is 11.6 Å². The lowest BCUT2D eigenvalue weighted by Gasteiger charge is -1.93. The minimum Gasteiger partial charge on any atom is -0.453 e. The Labute approximate surface area is 63.6 Å². The van der Waals surface area contributed by atoms with Crippen LogP contribution in [0.25, 0.3) is 0 Å². The van der Waals surface area contributed by atoms with Crippen LogP contribution in [0.1, 0.15) is 6.92 Å². The number of allylic oxidation sites excluding steroid dienone is 1. The second-order valence-electron chi connectivity index (χ2n) is 1.46. The summed E-state index contributed by atoms with van der Waals surface area (Å²) in [5, 5.41) is -0.683. The van der Waals surface area contributed by atoms with Crippen molar-refractivity contribution in [1.82, 2.24) is 0 Å². The predicted octanol–water partition coefficient (Wildman–Crippen LogP) is 0.871. The zero-order valence-corrected chi connectivity index (χ0v) is 6.22. The molecule has 0 atom stereocenters. The molecular weight excluding hydrogens is 156 g/mol. The van der Waals surface area contributed by atoms with Gasteiger partial charge in [0.2, 0.25) is 0 Å². The van der Waals surface area contributed by atoms with Gasteiger partial charge in [0.25, 0.3) is 5.24 Å². The highest BCUT2D eigenvalue weighted by atomic mass is 35.5. The van der Waals surface area contributed by atoms with Crippen molar-refractivity contribution in [3.8, 4) is 0 Å². The van der Waals surface area contributed by atoms with Crippen molar-refractivity contribution in [2.45, 2.75) is 6.92 Å². The molecule has 10 heavy (non-hydrogen) atoms. The topological polar surface area (TPSA) is 43.4 Å². The quantitative estimate of drug-likeness (QED) is 0.351. The zero-order chi connectivity index (χ0) is 7.98. The summed E-state index contributed by atoms with van der Waals surface area (Å²) in [6.07, 6.45) is 2.72. The first-order chi connectivity index (χ1) is 4.66. The first-order valence-corrected chi connectivity index (χ1v) is 3.02. The van der Waals surface area contributed by atoms with E-state index in [1.807, 2.05) is 0 Å². The van der Waals surface area contributed by atoms with E-state index in [1.165, 1.54) is 12.2 Å². The van der Waals surface area contributed by atoms with Gasteiger partial charge in [-0.25, -0.2) is 4.79 Å². The van der Waals surface area contributed by atoms with E-state index >= 15 is 0 Å². The highest BCUT2D eigenvalue weighted by Crippen LogP contribution is 1.85. The second-order valence-corrected chi connectivity index (χ2v) is 1.88. The lowest BCUT2D eigenvalue weighted by Crippen LogP contribution is -2.06. The van der Waals surface area contributed by atoms with Crippen LogP contribution < -0.4 is 0 Å². The fourth-order valence-corrected chi connectivity index (χ4v) is 0.367. The SMILES string of the molecule is CC=CC(=O)OCC(=O)Cl. The lowest BCUT2D eigenvalue weighted by molar-refractivity contribution is -0.141. The molecule has 3 nitrogen and oxygen atoms in total. The van der Waals surface area contributed by atoms with Crippen LogP contribution in [0.3, 0.4) is 0 Å². The molecule has 0 radical (unpaired) electrons. The molecule has 0 unspecified atom stereocenters. The van der Waals surface area contributed by atoms with Gasteiger partial charge < -0.3 is 4.74 Å². The Morgan fingerprint density at radius 3 is 2.60 bits per heavy atom. The number of hydrogen-bond acceptors (Lipinski definition) is 3. The van der Waals surface area contributed by atoms with E-state index in [-0.39, 0.29) is 6.61 Å². The molecule has 0 aromatic heterocycles. The van der Waals surface area contributed by atoms with Crippen molar-refractivity contribution in [1.29, 1.82) is 0 Å². The molecule has 0 aliphatic carbocycles. The van der Waals surface area contributed by atoms with Crippen LogP contribution in [-0.2, 0) is 14.3 Å². The van der Waals surface area contributed by atoms with Gasteiger partial charge in [-0.1, -0.05) is 6.08 Å². The zero-order valence-electron chi connectivity index (χ0n) is 5.46. The minimum absolute atomic E-state index is 0.370. The number of carbonyl (C=O) groups excluding carboxylic acids is 2. The molecule has 0 saturated heterocycles. The molecule has 0 aliphatic heterocycles. The molecule has 0 aliphatic rings. The van der Waals surface area contributed by atoms with Gasteiger partial charge in [0.1, 0.15) is 0 Å². The molecule has 4 heteroatoms. The average Bonchev–Trinajstić information content (AvgIpc) is 1.85. The summed E-state index contributed by atoms with van der Waals surface area (Å²) < 4.78 is 4.34. The van der Waals surface area contributed by atoms with Crippen molar-refractivity contribution in [3.63, 3.8) is 0 Å². The molecule has 0 bridgehead atoms. The molecule has 0 aromatic carbocycles. The van der Waals surface area contributed by atoms with Gasteiger partial charge in [0.05, 0.1) is 0 Å². The summed E-state index contributed by atoms with van der Waals surface area (Å²) in [6, 6.07) is 0. The summed E-state index contributed by atoms with van der Waals surface area (Å²) >= 11 is 4.88. The molecule has 0 saturated carbocycles. The standard InChI is InChI=1S/C6H7ClO3/c1-2-3-6(9)10-4-5(7)8/h2-3H,4H2,1H3. The van der Waals surface area contributed by atoms with Crippen molar-refractivity contribution < 1.29 is 14.3 Å². The Balaban J connectivity index is 3.50. The largest absolute Gasteiger partial charge is 0.453 e. The number of esters is 1. The molecule has 0 heterocycles. The van der Waals surface area contributed by atoms with Crippen LogP contribution in [-0.4, -0.2) is 17.8 Å². The van der Waals surface area contributed by atoms with Crippen molar-refractivity contribution in [3.05, 3.63) is 12.2 Å². The predicted molar refractivity (Wildman–Crippen MR) is 36.6 cm³/mol. The van der Waals surface area contributed by atoms with Gasteiger partial charge in [-0.2, -0.15) is 0 Å². The van der Waals surface area contributed by atoms with Gasteiger partial charge >= 0.3 is 5.97 Å². The van der Waals surface area contributed by atoms with Crippen molar-refractivity contribution in [2.75, 3.05) is 6.61 Å². The Bertz CT molecular complexity index is 162. The fourth-order valence-electron chi connectivity index (χ4n) is 0.312. The minimum atomic E-state index is -0.683. The number of rotatable bonds is 3. The smallest absolute Gasteiger partial charge is 0.330 e. The summed E-state index contributed by atoms with van der Waals surface area (Å²) in [5.74, 6) is -0.559. The third-order valence-electron chi connectivity index (χ3n) is 0.631. The molecule has 0 N–H and O–H groups in total. The normalized spacial score (nSPS) is 9.80. The summed E-state index contributed by atoms with van der Waals surface area (Å²) in [7, 11) is 0. The van der Waals surface area contributed by atoms with Crippen molar-refractivity contribution >= 4 is 22.8 Å². The first-order valence-electron chi connectivity index (χ1n) is 2.64. The Kier molecular flexibility index (Phi) is 4.58. The van der Waals surface area contributed by atoms with Crippen LogP contribution in [0, 0.1) is 0 Å². The van der Waals surface area contributed by atoms with Crippen LogP contribution in [0.5, 0.6) is 0 Å². The molecule has 0 spiro atoms. The fraction of sp³-hybridized carbons (Fsp3) is 0.333. The number of carbonyl (C=O) groups is 2. The Hall–Kier alpha value is -0.830. The first kappa shape index (κ1) is 9.17. The van der Waals surface area contributed by atoms with E-state index in [9.17, 15) is 9.59 Å². The van der Waals surface area contributed by atoms with E-state index in [2.05, 4.69) is 4.74 Å². The molecular formula is C6H7ClO3. The van der Waals surface area contributed by atoms with Gasteiger partial charge in [0, 0.05) is 6.08 Å². The third-order valence-corrected chi connectivity index (χ3v) is 0.740. The van der Waals surface area contributed by atoms with Crippen LogP contribution in [0.15, 0.2) is 12.2 Å². The van der Waals surface area contributed by atoms with Gasteiger partial charge in [-0.15, -0.1) is 0 Å². The van der Waals surface area contributed by atoms with E-state index in [4.69, 9.17) is 11.6 Å². The highest BCUT2D eigenvalue weighted by molar-refractivity contribution is 6.64. The Morgan fingerprint density at radius 1 is 1.60 bits per heavy atom. The van der Waals surface area contributed by atoms with Gasteiger partial charge in [0.15, 0.2) is 6.61 Å². The summed E-state index contributed by atoms with van der Waals surface area (Å²) in [5.41, 5.74) is 0. The summed E-state index contributed by atoms with van der Waals surface area (Å²) in [6.45, 7) is 1.30. The monoisotopic (exact) mass is 162 g/mol. The van der Waals surface area contributed by atoms with Gasteiger partial charge in [-0.3, -0.25) is 4.79 Å². The maximum absolute atomic E-state index is 10.4. The third kappa shape index (κ3) is 5.31. The van der Waals surface area contributed by atoms with Crippen molar-refractivity contribution in [2.24, 2.45) is 0 Å². The maximum atomic E-state index is 10.4. The van der Waals surface area contributed by atoms with E-state index in [1.54, 1.807) is 6.92 Å².